The molecule has 0 fully saturated rings. The third-order valence-electron chi connectivity index (χ3n) is 5.10. The molecule has 9 nitrogen and oxygen atoms in total. The van der Waals surface area contributed by atoms with Crippen molar-refractivity contribution in [3.63, 3.8) is 0 Å². The fourth-order valence-electron chi connectivity index (χ4n) is 3.52. The number of fused-ring (bicyclic) bond motifs is 1. The number of halogens is 2. The van der Waals surface area contributed by atoms with Crippen molar-refractivity contribution in [3.8, 4) is 5.82 Å². The van der Waals surface area contributed by atoms with Gasteiger partial charge in [-0.05, 0) is 61.5 Å². The van der Waals surface area contributed by atoms with Crippen LogP contribution < -0.4 is 4.31 Å². The van der Waals surface area contributed by atoms with Gasteiger partial charge in [0.05, 0.1) is 16.1 Å². The molecule has 2 aromatic heterocycles. The lowest BCUT2D eigenvalue weighted by Crippen LogP contribution is -2.32. The first-order valence-electron chi connectivity index (χ1n) is 9.97. The van der Waals surface area contributed by atoms with Crippen LogP contribution in [0.25, 0.3) is 16.7 Å². The van der Waals surface area contributed by atoms with Gasteiger partial charge in [-0.2, -0.15) is 0 Å². The number of sulfonamides is 1. The number of aromatic nitrogens is 2. The fourth-order valence-corrected chi connectivity index (χ4v) is 6.93. The average molecular weight is 554 g/mol. The molecule has 0 radical (unpaired) electrons. The Kier molecular flexibility index (Phi) is 6.80. The summed E-state index contributed by atoms with van der Waals surface area (Å²) in [4.78, 5) is 35.0. The SMILES string of the molecule is CC(=O)c1ccnc(-n2ccc3cc(N(CP(=O)(O)O)S(=O)(=O)c4cc(Cl)cc(Cl)c4)ccc32)c1. The number of hydrogen-bond donors (Lipinski definition) is 2. The van der Waals surface area contributed by atoms with E-state index in [1.165, 1.54) is 31.3 Å². The minimum atomic E-state index is -4.81. The smallest absolute Gasteiger partial charge is 0.323 e. The summed E-state index contributed by atoms with van der Waals surface area (Å²) in [6, 6.07) is 13.1. The van der Waals surface area contributed by atoms with Gasteiger partial charge in [0.1, 0.15) is 12.1 Å². The van der Waals surface area contributed by atoms with Crippen LogP contribution in [0.4, 0.5) is 5.69 Å². The Hall–Kier alpha value is -2.72. The third kappa shape index (κ3) is 5.43. The number of carbonyl (C=O) groups is 1. The summed E-state index contributed by atoms with van der Waals surface area (Å²) in [6.45, 7) is 1.45. The molecule has 0 spiro atoms. The van der Waals surface area contributed by atoms with E-state index in [9.17, 15) is 27.6 Å². The van der Waals surface area contributed by atoms with Crippen LogP contribution in [-0.2, 0) is 14.6 Å². The maximum atomic E-state index is 13.4. The summed E-state index contributed by atoms with van der Waals surface area (Å²) in [7, 11) is -9.26. The molecule has 2 N–H and O–H groups in total. The molecule has 0 aliphatic carbocycles. The van der Waals surface area contributed by atoms with Crippen LogP contribution in [0.15, 0.2) is 71.9 Å². The molecule has 2 aromatic carbocycles. The molecule has 0 saturated carbocycles. The largest absolute Gasteiger partial charge is 0.345 e. The predicted molar refractivity (Wildman–Crippen MR) is 134 cm³/mol. The molecule has 0 aliphatic heterocycles. The van der Waals surface area contributed by atoms with Crippen molar-refractivity contribution in [2.45, 2.75) is 11.8 Å². The van der Waals surface area contributed by atoms with E-state index < -0.39 is 23.9 Å². The van der Waals surface area contributed by atoms with E-state index in [-0.39, 0.29) is 26.4 Å². The third-order valence-corrected chi connectivity index (χ3v) is 8.13. The van der Waals surface area contributed by atoms with Gasteiger partial charge < -0.3 is 14.4 Å². The molecular weight excluding hydrogens is 536 g/mol. The van der Waals surface area contributed by atoms with Crippen LogP contribution in [0.5, 0.6) is 0 Å². The molecule has 4 aromatic rings. The van der Waals surface area contributed by atoms with E-state index in [0.29, 0.717) is 26.6 Å². The van der Waals surface area contributed by atoms with Gasteiger partial charge in [0.15, 0.2) is 5.78 Å². The number of Topliss-reactive ketones (excluding diaryl/α,β-unsaturated/α-hetero) is 1. The van der Waals surface area contributed by atoms with Gasteiger partial charge in [-0.15, -0.1) is 0 Å². The number of pyridine rings is 1. The van der Waals surface area contributed by atoms with Crippen LogP contribution in [0, 0.1) is 0 Å². The van der Waals surface area contributed by atoms with E-state index in [1.54, 1.807) is 35.0 Å². The highest BCUT2D eigenvalue weighted by atomic mass is 35.5. The maximum Gasteiger partial charge on any atom is 0.345 e. The molecule has 13 heteroatoms. The summed E-state index contributed by atoms with van der Waals surface area (Å²) in [6.07, 6.45) is 2.11. The standard InChI is InChI=1S/C22H18Cl2N3O6PS/c1-14(28)15-4-6-25-22(9-15)26-7-5-16-8-19(2-3-21(16)26)27(13-34(29,30)31)35(32,33)20-11-17(23)10-18(24)12-20/h2-12H,13H2,1H3,(H2,29,30,31). The number of nitrogens with zero attached hydrogens (tertiary/aromatic N) is 3. The van der Waals surface area contributed by atoms with Gasteiger partial charge in [-0.25, -0.2) is 13.4 Å². The first kappa shape index (κ1) is 25.4. The van der Waals surface area contributed by atoms with E-state index in [1.807, 2.05) is 0 Å². The van der Waals surface area contributed by atoms with Crippen molar-refractivity contribution < 1.29 is 27.6 Å². The summed E-state index contributed by atoms with van der Waals surface area (Å²) >= 11 is 11.9. The predicted octanol–water partition coefficient (Wildman–Crippen LogP) is 4.87. The normalized spacial score (nSPS) is 12.1. The number of benzene rings is 2. The minimum Gasteiger partial charge on any atom is -0.323 e. The van der Waals surface area contributed by atoms with E-state index in [4.69, 9.17) is 23.2 Å². The van der Waals surface area contributed by atoms with Crippen molar-refractivity contribution in [1.29, 1.82) is 0 Å². The molecule has 0 unspecified atom stereocenters. The van der Waals surface area contributed by atoms with Crippen molar-refractivity contribution in [2.24, 2.45) is 0 Å². The Morgan fingerprint density at radius 2 is 1.74 bits per heavy atom. The molecule has 0 aliphatic rings. The summed E-state index contributed by atoms with van der Waals surface area (Å²) in [5.41, 5.74) is 1.15. The molecule has 2 heterocycles. The molecule has 0 amide bonds. The van der Waals surface area contributed by atoms with Gasteiger partial charge >= 0.3 is 7.60 Å². The maximum absolute atomic E-state index is 13.4. The molecule has 4 rings (SSSR count). The van der Waals surface area contributed by atoms with Crippen LogP contribution in [-0.4, -0.2) is 39.8 Å². The molecule has 35 heavy (non-hydrogen) atoms. The Bertz CT molecular complexity index is 1600. The topological polar surface area (TPSA) is 130 Å². The van der Waals surface area contributed by atoms with Gasteiger partial charge in [-0.1, -0.05) is 23.2 Å². The first-order chi connectivity index (χ1) is 16.3. The fraction of sp³-hybridized carbons (Fsp3) is 0.0909. The second-order valence-corrected chi connectivity index (χ2v) is 12.0. The zero-order valence-electron chi connectivity index (χ0n) is 18.0. The summed E-state index contributed by atoms with van der Waals surface area (Å²) < 4.78 is 41.0. The van der Waals surface area contributed by atoms with Gasteiger partial charge in [0.2, 0.25) is 0 Å². The van der Waals surface area contributed by atoms with Crippen LogP contribution >= 0.6 is 30.8 Å². The first-order valence-corrected chi connectivity index (χ1v) is 14.0. The molecule has 0 atom stereocenters. The zero-order valence-corrected chi connectivity index (χ0v) is 21.3. The molecular formula is C22H18Cl2N3O6PS. The van der Waals surface area contributed by atoms with E-state index in [2.05, 4.69) is 4.98 Å². The van der Waals surface area contributed by atoms with Crippen molar-refractivity contribution >= 4 is 63.2 Å². The van der Waals surface area contributed by atoms with Crippen molar-refractivity contribution in [2.75, 3.05) is 10.6 Å². The highest BCUT2D eigenvalue weighted by molar-refractivity contribution is 7.93. The Morgan fingerprint density at radius 3 is 2.37 bits per heavy atom. The number of hydrogen-bond acceptors (Lipinski definition) is 5. The van der Waals surface area contributed by atoms with E-state index >= 15 is 0 Å². The van der Waals surface area contributed by atoms with Gasteiger partial charge in [0, 0.05) is 33.4 Å². The van der Waals surface area contributed by atoms with Gasteiger partial charge in [-0.3, -0.25) is 13.7 Å². The lowest BCUT2D eigenvalue weighted by molar-refractivity contribution is 0.101. The van der Waals surface area contributed by atoms with Crippen molar-refractivity contribution in [3.05, 3.63) is 82.6 Å². The Balaban J connectivity index is 1.83. The zero-order chi connectivity index (χ0) is 25.5. The van der Waals surface area contributed by atoms with Gasteiger partial charge in [0.25, 0.3) is 10.0 Å². The van der Waals surface area contributed by atoms with Crippen molar-refractivity contribution in [1.82, 2.24) is 9.55 Å². The monoisotopic (exact) mass is 553 g/mol. The number of carbonyl (C=O) groups excluding carboxylic acids is 1. The van der Waals surface area contributed by atoms with E-state index in [0.717, 1.165) is 12.1 Å². The molecule has 0 saturated heterocycles. The van der Waals surface area contributed by atoms with Crippen LogP contribution in [0.1, 0.15) is 17.3 Å². The Labute approximate surface area is 210 Å². The second kappa shape index (κ2) is 9.39. The highest BCUT2D eigenvalue weighted by Gasteiger charge is 2.32. The second-order valence-electron chi connectivity index (χ2n) is 7.65. The summed E-state index contributed by atoms with van der Waals surface area (Å²) in [5, 5.41) is 0.688. The van der Waals surface area contributed by atoms with Crippen LogP contribution in [0.2, 0.25) is 10.0 Å². The number of ketones is 1. The molecule has 0 bridgehead atoms. The summed E-state index contributed by atoms with van der Waals surface area (Å²) in [5.74, 6) is 0.362. The minimum absolute atomic E-state index is 0.0279. The highest BCUT2D eigenvalue weighted by Crippen LogP contribution is 2.40. The molecule has 182 valence electrons. The quantitative estimate of drug-likeness (QED) is 0.246. The van der Waals surface area contributed by atoms with Crippen LogP contribution in [0.3, 0.4) is 0 Å². The number of anilines is 1. The lowest BCUT2D eigenvalue weighted by Gasteiger charge is -2.25. The number of rotatable bonds is 7. The Morgan fingerprint density at radius 1 is 1.06 bits per heavy atom. The average Bonchev–Trinajstić information content (AvgIpc) is 3.19. The lowest BCUT2D eigenvalue weighted by atomic mass is 10.2.